The van der Waals surface area contributed by atoms with Gasteiger partial charge in [-0.05, 0) is 48.6 Å². The summed E-state index contributed by atoms with van der Waals surface area (Å²) in [5, 5.41) is 0. The number of benzene rings is 1. The van der Waals surface area contributed by atoms with Crippen LogP contribution in [0.3, 0.4) is 0 Å². The normalized spacial score (nSPS) is 16.5. The summed E-state index contributed by atoms with van der Waals surface area (Å²) in [6.07, 6.45) is 6.13. The summed E-state index contributed by atoms with van der Waals surface area (Å²) in [5.74, 6) is 0.665. The molecule has 0 amide bonds. The standard InChI is InChI=1S/C16H19N3/c17-15-3-1-13(2-4-15)14-7-11-19(12-8-14)16-5-9-18-10-6-16/h1-6,9-10,14H,7-8,11-12,17H2. The molecule has 2 aromatic rings. The third-order valence-electron chi connectivity index (χ3n) is 3.93. The molecule has 0 aliphatic carbocycles. The SMILES string of the molecule is Nc1ccc(C2CCN(c3ccncc3)CC2)cc1. The summed E-state index contributed by atoms with van der Waals surface area (Å²) in [4.78, 5) is 6.51. The van der Waals surface area contributed by atoms with E-state index in [9.17, 15) is 0 Å². The number of aromatic nitrogens is 1. The lowest BCUT2D eigenvalue weighted by Gasteiger charge is -2.33. The first-order valence-electron chi connectivity index (χ1n) is 6.83. The number of anilines is 2. The predicted molar refractivity (Wildman–Crippen MR) is 79.3 cm³/mol. The van der Waals surface area contributed by atoms with Gasteiger partial charge in [0.15, 0.2) is 0 Å². The van der Waals surface area contributed by atoms with Crippen molar-refractivity contribution in [3.63, 3.8) is 0 Å². The van der Waals surface area contributed by atoms with Crippen LogP contribution < -0.4 is 10.6 Å². The zero-order valence-corrected chi connectivity index (χ0v) is 11.0. The zero-order valence-electron chi connectivity index (χ0n) is 11.0. The van der Waals surface area contributed by atoms with Crippen LogP contribution in [0.2, 0.25) is 0 Å². The maximum Gasteiger partial charge on any atom is 0.0397 e. The average Bonchev–Trinajstić information content (AvgIpc) is 2.49. The van der Waals surface area contributed by atoms with E-state index in [2.05, 4.69) is 34.1 Å². The Hall–Kier alpha value is -2.03. The first-order valence-corrected chi connectivity index (χ1v) is 6.83. The molecule has 3 nitrogen and oxygen atoms in total. The topological polar surface area (TPSA) is 42.1 Å². The fourth-order valence-corrected chi connectivity index (χ4v) is 2.79. The Balaban J connectivity index is 1.65. The summed E-state index contributed by atoms with van der Waals surface area (Å²) >= 11 is 0. The maximum absolute atomic E-state index is 5.74. The van der Waals surface area contributed by atoms with Crippen molar-refractivity contribution >= 4 is 11.4 Å². The zero-order chi connectivity index (χ0) is 13.1. The highest BCUT2D eigenvalue weighted by Crippen LogP contribution is 2.30. The fourth-order valence-electron chi connectivity index (χ4n) is 2.79. The second-order valence-corrected chi connectivity index (χ2v) is 5.13. The van der Waals surface area contributed by atoms with Gasteiger partial charge in [0, 0.05) is 36.9 Å². The molecule has 0 spiro atoms. The van der Waals surface area contributed by atoms with Crippen LogP contribution in [-0.4, -0.2) is 18.1 Å². The molecular formula is C16H19N3. The number of hydrogen-bond acceptors (Lipinski definition) is 3. The Morgan fingerprint density at radius 1 is 0.947 bits per heavy atom. The van der Waals surface area contributed by atoms with Gasteiger partial charge >= 0.3 is 0 Å². The summed E-state index contributed by atoms with van der Waals surface area (Å²) in [7, 11) is 0. The van der Waals surface area contributed by atoms with Gasteiger partial charge in [-0.15, -0.1) is 0 Å². The van der Waals surface area contributed by atoms with Crippen molar-refractivity contribution < 1.29 is 0 Å². The average molecular weight is 253 g/mol. The van der Waals surface area contributed by atoms with Gasteiger partial charge in [0.1, 0.15) is 0 Å². The van der Waals surface area contributed by atoms with Gasteiger partial charge in [0.05, 0.1) is 0 Å². The highest BCUT2D eigenvalue weighted by Gasteiger charge is 2.20. The second-order valence-electron chi connectivity index (χ2n) is 5.13. The third kappa shape index (κ3) is 2.70. The van der Waals surface area contributed by atoms with E-state index < -0.39 is 0 Å². The van der Waals surface area contributed by atoms with Crippen molar-refractivity contribution in [3.05, 3.63) is 54.4 Å². The molecule has 0 bridgehead atoms. The quantitative estimate of drug-likeness (QED) is 0.836. The Morgan fingerprint density at radius 2 is 1.58 bits per heavy atom. The van der Waals surface area contributed by atoms with Crippen LogP contribution >= 0.6 is 0 Å². The molecule has 3 rings (SSSR count). The number of rotatable bonds is 2. The molecule has 98 valence electrons. The van der Waals surface area contributed by atoms with Crippen LogP contribution in [0.1, 0.15) is 24.3 Å². The first-order chi connectivity index (χ1) is 9.33. The minimum atomic E-state index is 0.665. The van der Waals surface area contributed by atoms with Crippen molar-refractivity contribution in [3.8, 4) is 0 Å². The molecular weight excluding hydrogens is 234 g/mol. The van der Waals surface area contributed by atoms with Gasteiger partial charge in [-0.1, -0.05) is 12.1 Å². The van der Waals surface area contributed by atoms with Crippen LogP contribution in [0.25, 0.3) is 0 Å². The van der Waals surface area contributed by atoms with Crippen LogP contribution in [0.5, 0.6) is 0 Å². The molecule has 0 radical (unpaired) electrons. The maximum atomic E-state index is 5.74. The van der Waals surface area contributed by atoms with E-state index in [1.165, 1.54) is 24.1 Å². The van der Waals surface area contributed by atoms with Gasteiger partial charge in [0.2, 0.25) is 0 Å². The van der Waals surface area contributed by atoms with Crippen molar-refractivity contribution in [2.45, 2.75) is 18.8 Å². The number of nitrogens with zero attached hydrogens (tertiary/aromatic N) is 2. The van der Waals surface area contributed by atoms with Crippen molar-refractivity contribution in [2.24, 2.45) is 0 Å². The molecule has 2 N–H and O–H groups in total. The van der Waals surface area contributed by atoms with E-state index in [1.54, 1.807) is 0 Å². The largest absolute Gasteiger partial charge is 0.399 e. The lowest BCUT2D eigenvalue weighted by atomic mass is 9.89. The molecule has 1 aromatic carbocycles. The molecule has 0 atom stereocenters. The molecule has 19 heavy (non-hydrogen) atoms. The van der Waals surface area contributed by atoms with Gasteiger partial charge in [-0.3, -0.25) is 4.98 Å². The first kappa shape index (κ1) is 12.0. The molecule has 3 heteroatoms. The Bertz CT molecular complexity index is 513. The minimum Gasteiger partial charge on any atom is -0.399 e. The molecule has 0 unspecified atom stereocenters. The summed E-state index contributed by atoms with van der Waals surface area (Å²) in [5.41, 5.74) is 9.29. The fraction of sp³-hybridized carbons (Fsp3) is 0.312. The molecule has 1 saturated heterocycles. The summed E-state index contributed by atoms with van der Waals surface area (Å²) < 4.78 is 0. The van der Waals surface area contributed by atoms with E-state index in [0.717, 1.165) is 18.8 Å². The van der Waals surface area contributed by atoms with Gasteiger partial charge in [-0.25, -0.2) is 0 Å². The van der Waals surface area contributed by atoms with E-state index in [0.29, 0.717) is 5.92 Å². The number of piperidine rings is 1. The molecule has 1 aromatic heterocycles. The number of nitrogen functional groups attached to an aromatic ring is 1. The van der Waals surface area contributed by atoms with Crippen molar-refractivity contribution in [1.29, 1.82) is 0 Å². The Labute approximate surface area is 114 Å². The Kier molecular flexibility index (Phi) is 3.36. The van der Waals surface area contributed by atoms with E-state index in [-0.39, 0.29) is 0 Å². The number of hydrogen-bond donors (Lipinski definition) is 1. The van der Waals surface area contributed by atoms with Gasteiger partial charge in [-0.2, -0.15) is 0 Å². The second kappa shape index (κ2) is 5.31. The molecule has 0 saturated carbocycles. The summed E-state index contributed by atoms with van der Waals surface area (Å²) in [6.45, 7) is 2.22. The smallest absolute Gasteiger partial charge is 0.0397 e. The molecule has 2 heterocycles. The number of pyridine rings is 1. The molecule has 1 fully saturated rings. The highest BCUT2D eigenvalue weighted by molar-refractivity contribution is 5.46. The third-order valence-corrected chi connectivity index (χ3v) is 3.93. The van der Waals surface area contributed by atoms with E-state index in [4.69, 9.17) is 5.73 Å². The van der Waals surface area contributed by atoms with Gasteiger partial charge in [0.25, 0.3) is 0 Å². The van der Waals surface area contributed by atoms with E-state index >= 15 is 0 Å². The van der Waals surface area contributed by atoms with Crippen LogP contribution in [0, 0.1) is 0 Å². The lowest BCUT2D eigenvalue weighted by molar-refractivity contribution is 0.505. The highest BCUT2D eigenvalue weighted by atomic mass is 15.1. The monoisotopic (exact) mass is 253 g/mol. The minimum absolute atomic E-state index is 0.665. The van der Waals surface area contributed by atoms with Crippen molar-refractivity contribution in [2.75, 3.05) is 23.7 Å². The van der Waals surface area contributed by atoms with Crippen molar-refractivity contribution in [1.82, 2.24) is 4.98 Å². The van der Waals surface area contributed by atoms with Crippen LogP contribution in [0.15, 0.2) is 48.8 Å². The predicted octanol–water partition coefficient (Wildman–Crippen LogP) is 3.05. The van der Waals surface area contributed by atoms with Crippen LogP contribution in [0.4, 0.5) is 11.4 Å². The summed E-state index contributed by atoms with van der Waals surface area (Å²) in [6, 6.07) is 12.5. The lowest BCUT2D eigenvalue weighted by Crippen LogP contribution is -2.32. The Morgan fingerprint density at radius 3 is 2.21 bits per heavy atom. The molecule has 1 aliphatic heterocycles. The molecule has 1 aliphatic rings. The van der Waals surface area contributed by atoms with E-state index in [1.807, 2.05) is 24.5 Å². The van der Waals surface area contributed by atoms with Crippen LogP contribution in [-0.2, 0) is 0 Å². The van der Waals surface area contributed by atoms with Gasteiger partial charge < -0.3 is 10.6 Å². The number of nitrogens with two attached hydrogens (primary N) is 1.